The Hall–Kier alpha value is -1.91. The smallest absolute Gasteiger partial charge is 0.336 e. The van der Waals surface area contributed by atoms with Crippen LogP contribution in [-0.2, 0) is 6.54 Å². The number of pyridine rings is 1. The maximum Gasteiger partial charge on any atom is 0.336 e. The van der Waals surface area contributed by atoms with Crippen LogP contribution >= 0.6 is 0 Å². The van der Waals surface area contributed by atoms with Crippen LogP contribution in [0.5, 0.6) is 0 Å². The van der Waals surface area contributed by atoms with Crippen molar-refractivity contribution in [1.29, 1.82) is 0 Å². The van der Waals surface area contributed by atoms with E-state index < -0.39 is 5.97 Å². The number of rotatable bonds is 3. The zero-order valence-electron chi connectivity index (χ0n) is 9.27. The van der Waals surface area contributed by atoms with E-state index in [-0.39, 0.29) is 5.56 Å². The van der Waals surface area contributed by atoms with Gasteiger partial charge in [0.05, 0.1) is 17.1 Å². The van der Waals surface area contributed by atoms with Crippen LogP contribution in [0.4, 0.5) is 0 Å². The van der Waals surface area contributed by atoms with Crippen molar-refractivity contribution in [2.24, 2.45) is 0 Å². The van der Waals surface area contributed by atoms with Crippen molar-refractivity contribution in [2.75, 3.05) is 0 Å². The molecule has 0 aliphatic carbocycles. The Kier molecular flexibility index (Phi) is 2.60. The average molecular weight is 219 g/mol. The molecule has 5 heteroatoms. The van der Waals surface area contributed by atoms with E-state index >= 15 is 0 Å². The van der Waals surface area contributed by atoms with E-state index in [1.54, 1.807) is 23.9 Å². The van der Waals surface area contributed by atoms with E-state index in [4.69, 9.17) is 5.11 Å². The molecule has 0 radical (unpaired) electrons. The minimum atomic E-state index is -0.938. The van der Waals surface area contributed by atoms with Gasteiger partial charge >= 0.3 is 5.97 Å². The van der Waals surface area contributed by atoms with Gasteiger partial charge in [-0.3, -0.25) is 0 Å². The number of fused-ring (bicyclic) bond motifs is 1. The number of carboxylic acids is 1. The highest BCUT2D eigenvalue weighted by Crippen LogP contribution is 2.18. The highest BCUT2D eigenvalue weighted by atomic mass is 16.4. The summed E-state index contributed by atoms with van der Waals surface area (Å²) >= 11 is 0. The lowest BCUT2D eigenvalue weighted by atomic mass is 10.1. The van der Waals surface area contributed by atoms with Gasteiger partial charge in [-0.1, -0.05) is 6.92 Å². The molecule has 2 aromatic rings. The SMILES string of the molecule is CCCn1ncc2c(C(=O)O)cc(C)nc21. The lowest BCUT2D eigenvalue weighted by Crippen LogP contribution is -2.03. The molecule has 0 amide bonds. The van der Waals surface area contributed by atoms with Gasteiger partial charge in [0.15, 0.2) is 5.65 Å². The van der Waals surface area contributed by atoms with Crippen molar-refractivity contribution in [3.63, 3.8) is 0 Å². The van der Waals surface area contributed by atoms with Crippen LogP contribution in [0.15, 0.2) is 12.3 Å². The van der Waals surface area contributed by atoms with E-state index in [1.807, 2.05) is 6.92 Å². The third kappa shape index (κ3) is 1.64. The first-order valence-electron chi connectivity index (χ1n) is 5.20. The number of hydrogen-bond acceptors (Lipinski definition) is 3. The molecule has 0 spiro atoms. The van der Waals surface area contributed by atoms with Crippen molar-refractivity contribution in [2.45, 2.75) is 26.8 Å². The largest absolute Gasteiger partial charge is 0.478 e. The Morgan fingerprint density at radius 2 is 2.31 bits per heavy atom. The quantitative estimate of drug-likeness (QED) is 0.855. The Morgan fingerprint density at radius 1 is 1.56 bits per heavy atom. The molecule has 0 aliphatic heterocycles. The second kappa shape index (κ2) is 3.92. The van der Waals surface area contributed by atoms with Gasteiger partial charge in [-0.25, -0.2) is 14.5 Å². The molecule has 0 saturated carbocycles. The number of aromatic nitrogens is 3. The van der Waals surface area contributed by atoms with E-state index in [0.29, 0.717) is 16.7 Å². The summed E-state index contributed by atoms with van der Waals surface area (Å²) in [5.74, 6) is -0.938. The van der Waals surface area contributed by atoms with Crippen LogP contribution in [0.3, 0.4) is 0 Å². The first kappa shape index (κ1) is 10.6. The van der Waals surface area contributed by atoms with Crippen LogP contribution in [0, 0.1) is 6.92 Å². The number of carbonyl (C=O) groups is 1. The van der Waals surface area contributed by atoms with Crippen LogP contribution in [0.25, 0.3) is 11.0 Å². The molecule has 5 nitrogen and oxygen atoms in total. The molecule has 0 aromatic carbocycles. The highest BCUT2D eigenvalue weighted by molar-refractivity contribution is 6.01. The fraction of sp³-hybridized carbons (Fsp3) is 0.364. The summed E-state index contributed by atoms with van der Waals surface area (Å²) in [7, 11) is 0. The summed E-state index contributed by atoms with van der Waals surface area (Å²) in [4.78, 5) is 15.4. The van der Waals surface area contributed by atoms with Gasteiger partial charge in [0.1, 0.15) is 0 Å². The topological polar surface area (TPSA) is 68.0 Å². The van der Waals surface area contributed by atoms with Crippen molar-refractivity contribution in [1.82, 2.24) is 14.8 Å². The number of hydrogen-bond donors (Lipinski definition) is 1. The van der Waals surface area contributed by atoms with E-state index in [9.17, 15) is 4.79 Å². The van der Waals surface area contributed by atoms with Gasteiger partial charge in [-0.15, -0.1) is 0 Å². The van der Waals surface area contributed by atoms with Gasteiger partial charge in [0, 0.05) is 12.2 Å². The Bertz CT molecular complexity index is 545. The van der Waals surface area contributed by atoms with E-state index in [2.05, 4.69) is 10.1 Å². The normalized spacial score (nSPS) is 10.9. The van der Waals surface area contributed by atoms with Gasteiger partial charge in [0.25, 0.3) is 0 Å². The lowest BCUT2D eigenvalue weighted by molar-refractivity contribution is 0.0699. The van der Waals surface area contributed by atoms with E-state index in [1.165, 1.54) is 0 Å². The van der Waals surface area contributed by atoms with E-state index in [0.717, 1.165) is 13.0 Å². The third-order valence-electron chi connectivity index (χ3n) is 2.40. The zero-order chi connectivity index (χ0) is 11.7. The molecule has 0 aliphatic rings. The van der Waals surface area contributed by atoms with Gasteiger partial charge < -0.3 is 5.11 Å². The fourth-order valence-electron chi connectivity index (χ4n) is 1.73. The molecule has 0 fully saturated rings. The van der Waals surface area contributed by atoms with Crippen LogP contribution in [0.2, 0.25) is 0 Å². The molecule has 2 heterocycles. The van der Waals surface area contributed by atoms with Crippen molar-refractivity contribution >= 4 is 17.0 Å². The summed E-state index contributed by atoms with van der Waals surface area (Å²) in [6.45, 7) is 4.58. The average Bonchev–Trinajstić information content (AvgIpc) is 2.61. The number of carboxylic acid groups (broad SMARTS) is 1. The van der Waals surface area contributed by atoms with Crippen molar-refractivity contribution in [3.8, 4) is 0 Å². The predicted molar refractivity (Wildman–Crippen MR) is 59.5 cm³/mol. The number of nitrogens with zero attached hydrogens (tertiary/aromatic N) is 3. The number of aromatic carboxylic acids is 1. The summed E-state index contributed by atoms with van der Waals surface area (Å²) in [6, 6.07) is 1.57. The molecule has 2 rings (SSSR count). The molecule has 0 unspecified atom stereocenters. The summed E-state index contributed by atoms with van der Waals surface area (Å²) in [5.41, 5.74) is 1.62. The predicted octanol–water partition coefficient (Wildman–Crippen LogP) is 1.85. The van der Waals surface area contributed by atoms with Crippen LogP contribution in [0.1, 0.15) is 29.4 Å². The standard InChI is InChI=1S/C11H13N3O2/c1-3-4-14-10-9(6-12-14)8(11(15)16)5-7(2)13-10/h5-6H,3-4H2,1-2H3,(H,15,16). The minimum absolute atomic E-state index is 0.268. The van der Waals surface area contributed by atoms with Crippen molar-refractivity contribution in [3.05, 3.63) is 23.5 Å². The summed E-state index contributed by atoms with van der Waals surface area (Å²) in [6.07, 6.45) is 2.51. The maximum absolute atomic E-state index is 11.1. The minimum Gasteiger partial charge on any atom is -0.478 e. The van der Waals surface area contributed by atoms with Crippen molar-refractivity contribution < 1.29 is 9.90 Å². The molecule has 16 heavy (non-hydrogen) atoms. The number of aryl methyl sites for hydroxylation is 2. The van der Waals surface area contributed by atoms with Crippen LogP contribution in [-0.4, -0.2) is 25.8 Å². The summed E-state index contributed by atoms with van der Waals surface area (Å²) in [5, 5.41) is 13.8. The highest BCUT2D eigenvalue weighted by Gasteiger charge is 2.14. The van der Waals surface area contributed by atoms with Crippen LogP contribution < -0.4 is 0 Å². The molecule has 0 saturated heterocycles. The molecule has 0 bridgehead atoms. The monoisotopic (exact) mass is 219 g/mol. The molecular weight excluding hydrogens is 206 g/mol. The fourth-order valence-corrected chi connectivity index (χ4v) is 1.73. The van der Waals surface area contributed by atoms with Gasteiger partial charge in [0.2, 0.25) is 0 Å². The first-order valence-corrected chi connectivity index (χ1v) is 5.20. The molecule has 84 valence electrons. The molecule has 1 N–H and O–H groups in total. The second-order valence-corrected chi connectivity index (χ2v) is 3.72. The Balaban J connectivity index is 2.70. The van der Waals surface area contributed by atoms with Gasteiger partial charge in [-0.05, 0) is 19.4 Å². The molecule has 0 atom stereocenters. The molecular formula is C11H13N3O2. The second-order valence-electron chi connectivity index (χ2n) is 3.72. The first-order chi connectivity index (χ1) is 7.63. The Labute approximate surface area is 92.7 Å². The zero-order valence-corrected chi connectivity index (χ0v) is 9.27. The lowest BCUT2D eigenvalue weighted by Gasteiger charge is -2.02. The third-order valence-corrected chi connectivity index (χ3v) is 2.40. The molecule has 2 aromatic heterocycles. The maximum atomic E-state index is 11.1. The summed E-state index contributed by atoms with van der Waals surface area (Å²) < 4.78 is 1.74. The Morgan fingerprint density at radius 3 is 2.94 bits per heavy atom. The van der Waals surface area contributed by atoms with Gasteiger partial charge in [-0.2, -0.15) is 5.10 Å².